The first-order valence-electron chi connectivity index (χ1n) is 5.18. The molecule has 1 aromatic carbocycles. The minimum atomic E-state index is -0.371. The van der Waals surface area contributed by atoms with Gasteiger partial charge in [0.25, 0.3) is 0 Å². The van der Waals surface area contributed by atoms with Crippen LogP contribution >= 0.6 is 11.6 Å². The van der Waals surface area contributed by atoms with Gasteiger partial charge in [0.05, 0.1) is 6.54 Å². The topological polar surface area (TPSA) is 29.1 Å². The van der Waals surface area contributed by atoms with Crippen LogP contribution in [0.25, 0.3) is 0 Å². The molecule has 1 aromatic rings. The Hall–Kier alpha value is -0.930. The van der Waals surface area contributed by atoms with Crippen LogP contribution in [0.2, 0.25) is 5.02 Å². The Bertz CT molecular complexity index is 379. The van der Waals surface area contributed by atoms with Crippen molar-refractivity contribution in [2.45, 2.75) is 26.3 Å². The van der Waals surface area contributed by atoms with Gasteiger partial charge in [-0.25, -0.2) is 4.39 Å². The first-order valence-corrected chi connectivity index (χ1v) is 5.56. The first kappa shape index (κ1) is 13.1. The molecule has 0 aliphatic carbocycles. The van der Waals surface area contributed by atoms with Gasteiger partial charge in [0.1, 0.15) is 5.82 Å². The average molecular weight is 244 g/mol. The lowest BCUT2D eigenvalue weighted by molar-refractivity contribution is -0.117. The van der Waals surface area contributed by atoms with Gasteiger partial charge in [-0.1, -0.05) is 25.4 Å². The smallest absolute Gasteiger partial charge is 0.151 e. The molecule has 0 saturated heterocycles. The van der Waals surface area contributed by atoms with Crippen molar-refractivity contribution in [3.05, 3.63) is 34.6 Å². The molecule has 0 amide bonds. The summed E-state index contributed by atoms with van der Waals surface area (Å²) in [5.41, 5.74) is 0.539. The molecule has 2 nitrogen and oxygen atoms in total. The molecule has 0 aliphatic heterocycles. The summed E-state index contributed by atoms with van der Waals surface area (Å²) in [5.74, 6) is -0.370. The first-order chi connectivity index (χ1) is 7.49. The summed E-state index contributed by atoms with van der Waals surface area (Å²) in [6, 6.07) is 4.31. The maximum Gasteiger partial charge on any atom is 0.151 e. The summed E-state index contributed by atoms with van der Waals surface area (Å²) in [5, 5.41) is 3.44. The summed E-state index contributed by atoms with van der Waals surface area (Å²) in [6.45, 7) is 4.20. The zero-order chi connectivity index (χ0) is 12.1. The van der Waals surface area contributed by atoms with Crippen molar-refractivity contribution in [2.75, 3.05) is 6.54 Å². The quantitative estimate of drug-likeness (QED) is 0.861. The zero-order valence-corrected chi connectivity index (χ0v) is 10.1. The maximum absolute atomic E-state index is 12.9. The minimum Gasteiger partial charge on any atom is -0.308 e. The normalized spacial score (nSPS) is 10.8. The van der Waals surface area contributed by atoms with Gasteiger partial charge >= 0.3 is 0 Å². The molecule has 0 heterocycles. The number of carbonyl (C=O) groups excluding carboxylic acids is 1. The van der Waals surface area contributed by atoms with Crippen molar-refractivity contribution in [2.24, 2.45) is 0 Å². The van der Waals surface area contributed by atoms with Crippen LogP contribution < -0.4 is 5.32 Å². The summed E-state index contributed by atoms with van der Waals surface area (Å²) in [6.07, 6.45) is 0.163. The van der Waals surface area contributed by atoms with Gasteiger partial charge in [0.2, 0.25) is 0 Å². The van der Waals surface area contributed by atoms with E-state index in [2.05, 4.69) is 5.32 Å². The van der Waals surface area contributed by atoms with E-state index < -0.39 is 0 Å². The lowest BCUT2D eigenvalue weighted by atomic mass is 10.1. The number of nitrogens with one attached hydrogen (secondary N) is 1. The highest BCUT2D eigenvalue weighted by Gasteiger charge is 2.08. The van der Waals surface area contributed by atoms with Crippen LogP contribution in [0.3, 0.4) is 0 Å². The Morgan fingerprint density at radius 3 is 2.81 bits per heavy atom. The van der Waals surface area contributed by atoms with E-state index in [4.69, 9.17) is 11.6 Å². The zero-order valence-electron chi connectivity index (χ0n) is 9.39. The van der Waals surface area contributed by atoms with Crippen molar-refractivity contribution >= 4 is 17.4 Å². The highest BCUT2D eigenvalue weighted by atomic mass is 35.5. The van der Waals surface area contributed by atoms with Crippen LogP contribution in [0, 0.1) is 5.82 Å². The van der Waals surface area contributed by atoms with Crippen LogP contribution in [0.4, 0.5) is 4.39 Å². The number of ketones is 1. The molecule has 1 N–H and O–H groups in total. The molecule has 0 unspecified atom stereocenters. The fraction of sp³-hybridized carbons (Fsp3) is 0.417. The van der Waals surface area contributed by atoms with Gasteiger partial charge in [-0.3, -0.25) is 4.79 Å². The van der Waals surface area contributed by atoms with Crippen molar-refractivity contribution in [1.29, 1.82) is 0 Å². The van der Waals surface area contributed by atoms with Gasteiger partial charge < -0.3 is 5.32 Å². The number of benzene rings is 1. The SMILES string of the molecule is CC(C)NCC(=O)Cc1cc(F)ccc1Cl. The third-order valence-electron chi connectivity index (χ3n) is 2.10. The minimum absolute atomic E-state index is 0.00111. The molecular weight excluding hydrogens is 229 g/mol. The summed E-state index contributed by atoms with van der Waals surface area (Å²) in [4.78, 5) is 11.5. The molecule has 0 radical (unpaired) electrons. The van der Waals surface area contributed by atoms with Crippen LogP contribution in [-0.2, 0) is 11.2 Å². The highest BCUT2D eigenvalue weighted by Crippen LogP contribution is 2.17. The molecule has 4 heteroatoms. The third-order valence-corrected chi connectivity index (χ3v) is 2.47. The highest BCUT2D eigenvalue weighted by molar-refractivity contribution is 6.31. The second-order valence-corrected chi connectivity index (χ2v) is 4.39. The molecule has 0 aromatic heterocycles. The second-order valence-electron chi connectivity index (χ2n) is 3.99. The summed E-state index contributed by atoms with van der Waals surface area (Å²) < 4.78 is 12.9. The molecule has 0 fully saturated rings. The third kappa shape index (κ3) is 4.29. The lowest BCUT2D eigenvalue weighted by Gasteiger charge is -2.08. The Morgan fingerprint density at radius 2 is 2.19 bits per heavy atom. The summed E-state index contributed by atoms with van der Waals surface area (Å²) in [7, 11) is 0. The number of hydrogen-bond donors (Lipinski definition) is 1. The Kier molecular flexibility index (Phi) is 4.90. The van der Waals surface area contributed by atoms with E-state index in [1.807, 2.05) is 13.8 Å². The Morgan fingerprint density at radius 1 is 1.50 bits per heavy atom. The van der Waals surface area contributed by atoms with Crippen molar-refractivity contribution < 1.29 is 9.18 Å². The standard InChI is InChI=1S/C12H15ClFNO/c1-8(2)15-7-11(16)6-9-5-10(14)3-4-12(9)13/h3-5,8,15H,6-7H2,1-2H3. The van der Waals surface area contributed by atoms with Gasteiger partial charge in [0.15, 0.2) is 5.78 Å². The largest absolute Gasteiger partial charge is 0.308 e. The second kappa shape index (κ2) is 5.97. The van der Waals surface area contributed by atoms with E-state index in [0.717, 1.165) is 0 Å². The summed E-state index contributed by atoms with van der Waals surface area (Å²) >= 11 is 5.86. The number of Topliss-reactive ketones (excluding diaryl/α,β-unsaturated/α-hetero) is 1. The van der Waals surface area contributed by atoms with Crippen LogP contribution in [-0.4, -0.2) is 18.4 Å². The van der Waals surface area contributed by atoms with Crippen LogP contribution in [0.15, 0.2) is 18.2 Å². The molecule has 0 spiro atoms. The molecule has 0 bridgehead atoms. The van der Waals surface area contributed by atoms with Crippen LogP contribution in [0.5, 0.6) is 0 Å². The lowest BCUT2D eigenvalue weighted by Crippen LogP contribution is -2.30. The molecule has 88 valence electrons. The van der Waals surface area contributed by atoms with Crippen molar-refractivity contribution in [3.8, 4) is 0 Å². The van der Waals surface area contributed by atoms with E-state index in [-0.39, 0.29) is 30.6 Å². The molecule has 16 heavy (non-hydrogen) atoms. The van der Waals surface area contributed by atoms with Gasteiger partial charge in [-0.2, -0.15) is 0 Å². The molecule has 1 rings (SSSR count). The van der Waals surface area contributed by atoms with E-state index in [1.54, 1.807) is 0 Å². The predicted octanol–water partition coefficient (Wildman–Crippen LogP) is 2.59. The number of hydrogen-bond acceptors (Lipinski definition) is 2. The van der Waals surface area contributed by atoms with E-state index in [1.165, 1.54) is 18.2 Å². The maximum atomic E-state index is 12.9. The van der Waals surface area contributed by atoms with Crippen LogP contribution in [0.1, 0.15) is 19.4 Å². The molecule has 0 saturated carbocycles. The fourth-order valence-electron chi connectivity index (χ4n) is 1.27. The van der Waals surface area contributed by atoms with E-state index in [0.29, 0.717) is 10.6 Å². The van der Waals surface area contributed by atoms with Gasteiger partial charge in [-0.15, -0.1) is 0 Å². The molecule has 0 aliphatic rings. The number of rotatable bonds is 5. The fourth-order valence-corrected chi connectivity index (χ4v) is 1.46. The average Bonchev–Trinajstić information content (AvgIpc) is 2.20. The molecule has 0 atom stereocenters. The monoisotopic (exact) mass is 243 g/mol. The number of halogens is 2. The predicted molar refractivity (Wildman–Crippen MR) is 63.3 cm³/mol. The Labute approximate surface area is 99.8 Å². The van der Waals surface area contributed by atoms with E-state index in [9.17, 15) is 9.18 Å². The Balaban J connectivity index is 2.59. The van der Waals surface area contributed by atoms with Gasteiger partial charge in [0, 0.05) is 17.5 Å². The van der Waals surface area contributed by atoms with Gasteiger partial charge in [-0.05, 0) is 23.8 Å². The number of carbonyl (C=O) groups is 1. The van der Waals surface area contributed by atoms with E-state index >= 15 is 0 Å². The molecular formula is C12H15ClFNO. The van der Waals surface area contributed by atoms with Crippen molar-refractivity contribution in [1.82, 2.24) is 5.32 Å². The van der Waals surface area contributed by atoms with Crippen molar-refractivity contribution in [3.63, 3.8) is 0 Å².